The summed E-state index contributed by atoms with van der Waals surface area (Å²) >= 11 is 0. The van der Waals surface area contributed by atoms with Gasteiger partial charge in [-0.3, -0.25) is 14.7 Å². The molecular weight excluding hydrogens is 487 g/mol. The number of hydrogen-bond donors (Lipinski definition) is 3. The molecule has 0 spiro atoms. The molecule has 1 unspecified atom stereocenters. The van der Waals surface area contributed by atoms with Gasteiger partial charge in [-0.05, 0) is 88.3 Å². The van der Waals surface area contributed by atoms with Crippen LogP contribution in [-0.2, 0) is 15.1 Å². The molecule has 3 atom stereocenters. The number of rotatable bonds is 8. The first-order valence-electron chi connectivity index (χ1n) is 13.3. The monoisotopic (exact) mass is 526 g/mol. The van der Waals surface area contributed by atoms with Crippen molar-refractivity contribution >= 4 is 17.7 Å². The zero-order valence-corrected chi connectivity index (χ0v) is 22.7. The van der Waals surface area contributed by atoms with Gasteiger partial charge in [0.25, 0.3) is 0 Å². The smallest absolute Gasteiger partial charge is 0.410 e. The number of nitrogens with zero attached hydrogens (tertiary/aromatic N) is 2. The van der Waals surface area contributed by atoms with Crippen molar-refractivity contribution in [1.29, 1.82) is 0 Å². The molecule has 1 saturated carbocycles. The van der Waals surface area contributed by atoms with Crippen molar-refractivity contribution in [1.82, 2.24) is 9.88 Å². The van der Waals surface area contributed by atoms with E-state index in [-0.39, 0.29) is 31.2 Å². The summed E-state index contributed by atoms with van der Waals surface area (Å²) in [6.45, 7) is 7.14. The van der Waals surface area contributed by atoms with Crippen molar-refractivity contribution in [3.05, 3.63) is 59.2 Å². The largest absolute Gasteiger partial charge is 0.444 e. The Morgan fingerprint density at radius 1 is 1.18 bits per heavy atom. The van der Waals surface area contributed by atoms with Crippen LogP contribution in [0.1, 0.15) is 69.7 Å². The quantitative estimate of drug-likeness (QED) is 0.467. The Labute approximate surface area is 223 Å². The van der Waals surface area contributed by atoms with E-state index in [1.165, 1.54) is 23.8 Å². The number of nitrogens with one attached hydrogen (secondary N) is 1. The number of aryl methyl sites for hydroxylation is 1. The summed E-state index contributed by atoms with van der Waals surface area (Å²) in [7, 11) is 0. The minimum atomic E-state index is -0.898. The van der Waals surface area contributed by atoms with Gasteiger partial charge in [-0.25, -0.2) is 9.18 Å². The van der Waals surface area contributed by atoms with Crippen LogP contribution in [0.3, 0.4) is 0 Å². The molecule has 9 heteroatoms. The van der Waals surface area contributed by atoms with Crippen LogP contribution in [0.2, 0.25) is 0 Å². The molecule has 1 aliphatic heterocycles. The molecule has 2 amide bonds. The Hall–Kier alpha value is -3.04. The molecule has 2 aliphatic rings. The van der Waals surface area contributed by atoms with Crippen molar-refractivity contribution in [2.75, 3.05) is 18.5 Å². The zero-order valence-electron chi connectivity index (χ0n) is 22.7. The maximum absolute atomic E-state index is 15.0. The third kappa shape index (κ3) is 6.50. The molecule has 0 radical (unpaired) electrons. The number of amides is 2. The Morgan fingerprint density at radius 3 is 2.53 bits per heavy atom. The molecule has 38 heavy (non-hydrogen) atoms. The molecule has 2 fully saturated rings. The number of carbonyl (C=O) groups is 2. The summed E-state index contributed by atoms with van der Waals surface area (Å²) in [5.41, 5.74) is 7.82. The lowest BCUT2D eigenvalue weighted by atomic mass is 9.79. The first kappa shape index (κ1) is 28.0. The van der Waals surface area contributed by atoms with Crippen molar-refractivity contribution in [3.8, 4) is 0 Å². The Kier molecular flexibility index (Phi) is 8.09. The molecule has 0 bridgehead atoms. The van der Waals surface area contributed by atoms with Crippen molar-refractivity contribution < 1.29 is 23.8 Å². The van der Waals surface area contributed by atoms with Crippen molar-refractivity contribution in [3.63, 3.8) is 0 Å². The van der Waals surface area contributed by atoms with Gasteiger partial charge in [0.2, 0.25) is 5.91 Å². The third-order valence-electron chi connectivity index (χ3n) is 7.37. The predicted octanol–water partition coefficient (Wildman–Crippen LogP) is 4.48. The lowest BCUT2D eigenvalue weighted by molar-refractivity contribution is -0.120. The maximum atomic E-state index is 15.0. The fourth-order valence-electron chi connectivity index (χ4n) is 5.06. The van der Waals surface area contributed by atoms with Gasteiger partial charge < -0.3 is 20.9 Å². The van der Waals surface area contributed by atoms with Gasteiger partial charge >= 0.3 is 6.09 Å². The lowest BCUT2D eigenvalue weighted by Gasteiger charge is -2.32. The van der Waals surface area contributed by atoms with E-state index >= 15 is 4.39 Å². The number of halogens is 1. The number of aliphatic hydroxyl groups is 1. The topological polar surface area (TPSA) is 118 Å². The van der Waals surface area contributed by atoms with Gasteiger partial charge in [-0.2, -0.15) is 0 Å². The summed E-state index contributed by atoms with van der Waals surface area (Å²) < 4.78 is 20.5. The number of benzene rings is 1. The Bertz CT molecular complexity index is 1180. The molecule has 4 rings (SSSR count). The molecule has 206 valence electrons. The van der Waals surface area contributed by atoms with Gasteiger partial charge in [-0.15, -0.1) is 0 Å². The van der Waals surface area contributed by atoms with E-state index in [9.17, 15) is 14.7 Å². The van der Waals surface area contributed by atoms with Crippen LogP contribution in [0.5, 0.6) is 0 Å². The minimum absolute atomic E-state index is 0.00360. The van der Waals surface area contributed by atoms with E-state index in [2.05, 4.69) is 10.3 Å². The van der Waals surface area contributed by atoms with Crippen LogP contribution >= 0.6 is 0 Å². The van der Waals surface area contributed by atoms with Crippen molar-refractivity contribution in [2.24, 2.45) is 17.6 Å². The highest BCUT2D eigenvalue weighted by atomic mass is 19.1. The Balaban J connectivity index is 1.60. The normalized spacial score (nSPS) is 21.2. The van der Waals surface area contributed by atoms with Gasteiger partial charge in [-0.1, -0.05) is 18.9 Å². The fraction of sp³-hybridized carbons (Fsp3) is 0.552. The molecule has 1 aromatic carbocycles. The fourth-order valence-corrected chi connectivity index (χ4v) is 5.06. The molecule has 2 heterocycles. The van der Waals surface area contributed by atoms with Crippen LogP contribution in [0, 0.1) is 24.6 Å². The summed E-state index contributed by atoms with van der Waals surface area (Å²) in [6, 6.07) is 7.50. The first-order chi connectivity index (χ1) is 17.9. The van der Waals surface area contributed by atoms with Gasteiger partial charge in [0.15, 0.2) is 0 Å². The number of ether oxygens (including phenoxy) is 1. The second kappa shape index (κ2) is 11.0. The first-order valence-corrected chi connectivity index (χ1v) is 13.3. The van der Waals surface area contributed by atoms with Crippen LogP contribution in [0.25, 0.3) is 0 Å². The van der Waals surface area contributed by atoms with Gasteiger partial charge in [0.1, 0.15) is 17.5 Å². The minimum Gasteiger partial charge on any atom is -0.444 e. The van der Waals surface area contributed by atoms with Crippen LogP contribution in [0.4, 0.5) is 14.9 Å². The Morgan fingerprint density at radius 2 is 1.89 bits per heavy atom. The molecule has 4 N–H and O–H groups in total. The molecule has 1 aliphatic carbocycles. The zero-order chi connectivity index (χ0) is 27.7. The summed E-state index contributed by atoms with van der Waals surface area (Å²) in [4.78, 5) is 31.8. The van der Waals surface area contributed by atoms with E-state index in [1.807, 2.05) is 19.1 Å². The van der Waals surface area contributed by atoms with Crippen LogP contribution in [-0.4, -0.2) is 51.8 Å². The SMILES string of the molecule is Cc1cc(C(N)(CCC2CC2)c2ccc(F)c(NC(=O)[C@H]3C[C@@H](CO)CN3C(=O)OC(C)(C)C)c2)ccn1. The lowest BCUT2D eigenvalue weighted by Crippen LogP contribution is -2.45. The van der Waals surface area contributed by atoms with Crippen LogP contribution in [0.15, 0.2) is 36.5 Å². The number of aliphatic hydroxyl groups excluding tert-OH is 1. The summed E-state index contributed by atoms with van der Waals surface area (Å²) in [5.74, 6) is -0.758. The van der Waals surface area contributed by atoms with Crippen molar-refractivity contribution in [2.45, 2.75) is 77.0 Å². The molecular formula is C29H39FN4O4. The highest BCUT2D eigenvalue weighted by molar-refractivity contribution is 5.97. The number of pyridine rings is 1. The second-order valence-electron chi connectivity index (χ2n) is 11.8. The van der Waals surface area contributed by atoms with E-state index in [1.54, 1.807) is 39.1 Å². The van der Waals surface area contributed by atoms with Gasteiger partial charge in [0.05, 0.1) is 11.2 Å². The van der Waals surface area contributed by atoms with Crippen LogP contribution < -0.4 is 11.1 Å². The number of hydrogen-bond acceptors (Lipinski definition) is 6. The number of aromatic nitrogens is 1. The highest BCUT2D eigenvalue weighted by Crippen LogP contribution is 2.40. The highest BCUT2D eigenvalue weighted by Gasteiger charge is 2.41. The van der Waals surface area contributed by atoms with E-state index in [0.717, 1.165) is 17.7 Å². The summed E-state index contributed by atoms with van der Waals surface area (Å²) in [6.07, 6.45) is 5.35. The van der Waals surface area contributed by atoms with E-state index in [0.29, 0.717) is 17.9 Å². The number of carbonyl (C=O) groups excluding carboxylic acids is 2. The molecule has 2 aromatic rings. The van der Waals surface area contributed by atoms with E-state index < -0.39 is 35.0 Å². The molecule has 1 saturated heterocycles. The standard InChI is InChI=1S/C29H39FN4O4/c1-18-13-22(10-12-32-18)29(31,11-9-19-5-6-19)21-7-8-23(30)24(15-21)33-26(36)25-14-20(17-35)16-34(25)27(37)38-28(2,3)4/h7-8,10,12-13,15,19-20,25,35H,5-6,9,11,14,16-17,31H2,1-4H3,(H,33,36)/t20-,25-,29?/m1/s1. The van der Waals surface area contributed by atoms with Gasteiger partial charge in [0, 0.05) is 31.0 Å². The second-order valence-corrected chi connectivity index (χ2v) is 11.8. The maximum Gasteiger partial charge on any atom is 0.410 e. The predicted molar refractivity (Wildman–Crippen MR) is 143 cm³/mol. The average molecular weight is 527 g/mol. The average Bonchev–Trinajstić information content (AvgIpc) is 3.58. The third-order valence-corrected chi connectivity index (χ3v) is 7.37. The number of anilines is 1. The number of likely N-dealkylation sites (tertiary alicyclic amines) is 1. The number of nitrogens with two attached hydrogens (primary N) is 1. The molecule has 1 aromatic heterocycles. The van der Waals surface area contributed by atoms with E-state index in [4.69, 9.17) is 10.5 Å². The molecule has 8 nitrogen and oxygen atoms in total. The summed E-state index contributed by atoms with van der Waals surface area (Å²) in [5, 5.41) is 12.4.